The Bertz CT molecular complexity index is 390. The third-order valence-electron chi connectivity index (χ3n) is 2.75. The van der Waals surface area contributed by atoms with Gasteiger partial charge < -0.3 is 10.0 Å². The molecule has 0 amide bonds. The van der Waals surface area contributed by atoms with Crippen molar-refractivity contribution in [3.63, 3.8) is 0 Å². The average molecular weight is 320 g/mol. The molecule has 0 fully saturated rings. The van der Waals surface area contributed by atoms with Crippen LogP contribution in [-0.2, 0) is 11.3 Å². The van der Waals surface area contributed by atoms with Gasteiger partial charge in [0.15, 0.2) is 0 Å². The molecule has 0 aliphatic heterocycles. The summed E-state index contributed by atoms with van der Waals surface area (Å²) in [5.41, 5.74) is -0.649. The first-order valence-corrected chi connectivity index (χ1v) is 7.08. The summed E-state index contributed by atoms with van der Waals surface area (Å²) in [6.45, 7) is 5.19. The van der Waals surface area contributed by atoms with Gasteiger partial charge in [-0.15, -0.1) is 11.3 Å². The lowest BCUT2D eigenvalue weighted by Gasteiger charge is -2.23. The van der Waals surface area contributed by atoms with Gasteiger partial charge in [-0.05, 0) is 61.9 Å². The van der Waals surface area contributed by atoms with Crippen molar-refractivity contribution in [3.05, 3.63) is 20.8 Å². The van der Waals surface area contributed by atoms with Crippen LogP contribution in [0.3, 0.4) is 0 Å². The van der Waals surface area contributed by atoms with Gasteiger partial charge in [0.2, 0.25) is 0 Å². The molecule has 96 valence electrons. The van der Waals surface area contributed by atoms with Crippen LogP contribution >= 0.6 is 27.3 Å². The fraction of sp³-hybridized carbons (Fsp3) is 0.583. The molecule has 17 heavy (non-hydrogen) atoms. The van der Waals surface area contributed by atoms with Gasteiger partial charge in [-0.3, -0.25) is 4.79 Å². The SMILES string of the molecule is CN(CCC(C)(C)C(=O)O)Cc1ccc(Br)s1. The number of halogens is 1. The highest BCUT2D eigenvalue weighted by Crippen LogP contribution is 2.24. The molecular weight excluding hydrogens is 302 g/mol. The Labute approximate surface area is 115 Å². The van der Waals surface area contributed by atoms with Crippen LogP contribution in [0.4, 0.5) is 0 Å². The van der Waals surface area contributed by atoms with Crippen molar-refractivity contribution in [1.29, 1.82) is 0 Å². The Morgan fingerprint density at radius 2 is 2.18 bits per heavy atom. The number of aliphatic carboxylic acids is 1. The third kappa shape index (κ3) is 4.77. The van der Waals surface area contributed by atoms with Gasteiger partial charge in [-0.1, -0.05) is 0 Å². The summed E-state index contributed by atoms with van der Waals surface area (Å²) in [6.07, 6.45) is 0.658. The molecule has 1 aromatic rings. The van der Waals surface area contributed by atoms with Gasteiger partial charge in [0.1, 0.15) is 0 Å². The molecule has 0 aliphatic carbocycles. The van der Waals surface area contributed by atoms with Crippen molar-refractivity contribution in [2.75, 3.05) is 13.6 Å². The molecule has 5 heteroatoms. The van der Waals surface area contributed by atoms with E-state index in [0.29, 0.717) is 6.42 Å². The van der Waals surface area contributed by atoms with Crippen LogP contribution in [0.15, 0.2) is 15.9 Å². The standard InChI is InChI=1S/C12H18BrNO2S/c1-12(2,11(15)16)6-7-14(3)8-9-4-5-10(13)17-9/h4-5H,6-8H2,1-3H3,(H,15,16). The molecule has 0 saturated heterocycles. The van der Waals surface area contributed by atoms with E-state index in [-0.39, 0.29) is 0 Å². The number of hydrogen-bond acceptors (Lipinski definition) is 3. The second-order valence-electron chi connectivity index (χ2n) is 4.88. The van der Waals surface area contributed by atoms with Gasteiger partial charge in [-0.25, -0.2) is 0 Å². The molecule has 1 heterocycles. The maximum Gasteiger partial charge on any atom is 0.309 e. The van der Waals surface area contributed by atoms with Gasteiger partial charge in [0, 0.05) is 11.4 Å². The molecule has 0 aliphatic rings. The van der Waals surface area contributed by atoms with Crippen molar-refractivity contribution in [1.82, 2.24) is 4.90 Å². The van der Waals surface area contributed by atoms with E-state index in [1.54, 1.807) is 25.2 Å². The van der Waals surface area contributed by atoms with Crippen LogP contribution in [0.2, 0.25) is 0 Å². The summed E-state index contributed by atoms with van der Waals surface area (Å²) in [5, 5.41) is 9.02. The van der Waals surface area contributed by atoms with Crippen LogP contribution in [-0.4, -0.2) is 29.6 Å². The second-order valence-corrected chi connectivity index (χ2v) is 7.43. The second kappa shape index (κ2) is 5.98. The minimum atomic E-state index is -0.732. The van der Waals surface area contributed by atoms with Gasteiger partial charge >= 0.3 is 5.97 Å². The summed E-state index contributed by atoms with van der Waals surface area (Å²) >= 11 is 5.15. The van der Waals surface area contributed by atoms with Crippen molar-refractivity contribution in [3.8, 4) is 0 Å². The first-order valence-electron chi connectivity index (χ1n) is 5.47. The van der Waals surface area contributed by atoms with E-state index in [0.717, 1.165) is 16.9 Å². The van der Waals surface area contributed by atoms with Gasteiger partial charge in [-0.2, -0.15) is 0 Å². The monoisotopic (exact) mass is 319 g/mol. The maximum atomic E-state index is 11.0. The molecule has 0 bridgehead atoms. The summed E-state index contributed by atoms with van der Waals surface area (Å²) in [5.74, 6) is -0.732. The molecule has 1 rings (SSSR count). The highest BCUT2D eigenvalue weighted by atomic mass is 79.9. The van der Waals surface area contributed by atoms with E-state index < -0.39 is 11.4 Å². The maximum absolute atomic E-state index is 11.0. The van der Waals surface area contributed by atoms with Crippen molar-refractivity contribution < 1.29 is 9.90 Å². The molecule has 0 radical (unpaired) electrons. The lowest BCUT2D eigenvalue weighted by Crippen LogP contribution is -2.29. The average Bonchev–Trinajstić information content (AvgIpc) is 2.61. The molecule has 3 nitrogen and oxygen atoms in total. The molecule has 0 unspecified atom stereocenters. The zero-order valence-corrected chi connectivity index (χ0v) is 12.8. The summed E-state index contributed by atoms with van der Waals surface area (Å²) in [7, 11) is 2.02. The predicted octanol–water partition coefficient (Wildman–Crippen LogP) is 3.44. The van der Waals surface area contributed by atoms with Crippen LogP contribution in [0.1, 0.15) is 25.1 Å². The van der Waals surface area contributed by atoms with Crippen molar-refractivity contribution in [2.24, 2.45) is 5.41 Å². The fourth-order valence-electron chi connectivity index (χ4n) is 1.36. The van der Waals surface area contributed by atoms with E-state index in [2.05, 4.69) is 26.9 Å². The zero-order chi connectivity index (χ0) is 13.1. The number of carboxylic acids is 1. The highest BCUT2D eigenvalue weighted by Gasteiger charge is 2.26. The molecule has 0 aromatic carbocycles. The third-order valence-corrected chi connectivity index (χ3v) is 4.36. The van der Waals surface area contributed by atoms with Gasteiger partial charge in [0.05, 0.1) is 9.20 Å². The minimum Gasteiger partial charge on any atom is -0.481 e. The van der Waals surface area contributed by atoms with E-state index in [1.807, 2.05) is 13.1 Å². The van der Waals surface area contributed by atoms with E-state index in [9.17, 15) is 4.79 Å². The number of carboxylic acid groups (broad SMARTS) is 1. The minimum absolute atomic E-state index is 0.649. The lowest BCUT2D eigenvalue weighted by atomic mass is 9.89. The normalized spacial score (nSPS) is 12.1. The van der Waals surface area contributed by atoms with E-state index >= 15 is 0 Å². The lowest BCUT2D eigenvalue weighted by molar-refractivity contribution is -0.147. The first kappa shape index (κ1) is 14.7. The fourth-order valence-corrected chi connectivity index (χ4v) is 2.92. The number of rotatable bonds is 6. The number of nitrogens with zero attached hydrogens (tertiary/aromatic N) is 1. The zero-order valence-electron chi connectivity index (χ0n) is 10.4. The Kier molecular flexibility index (Phi) is 5.16. The van der Waals surface area contributed by atoms with Crippen molar-refractivity contribution >= 4 is 33.2 Å². The number of carbonyl (C=O) groups is 1. The topological polar surface area (TPSA) is 40.5 Å². The Hall–Kier alpha value is -0.390. The van der Waals surface area contributed by atoms with Crippen LogP contribution in [0, 0.1) is 5.41 Å². The Morgan fingerprint density at radius 3 is 2.65 bits per heavy atom. The first-order chi connectivity index (χ1) is 7.81. The van der Waals surface area contributed by atoms with Crippen molar-refractivity contribution in [2.45, 2.75) is 26.8 Å². The Balaban J connectivity index is 2.40. The Morgan fingerprint density at radius 1 is 1.53 bits per heavy atom. The molecule has 0 spiro atoms. The highest BCUT2D eigenvalue weighted by molar-refractivity contribution is 9.11. The molecule has 1 N–H and O–H groups in total. The smallest absolute Gasteiger partial charge is 0.309 e. The molecule has 0 saturated carbocycles. The van der Waals surface area contributed by atoms with E-state index in [1.165, 1.54) is 4.88 Å². The summed E-state index contributed by atoms with van der Waals surface area (Å²) < 4.78 is 1.13. The molecular formula is C12H18BrNO2S. The van der Waals surface area contributed by atoms with E-state index in [4.69, 9.17) is 5.11 Å². The summed E-state index contributed by atoms with van der Waals surface area (Å²) in [6, 6.07) is 4.13. The van der Waals surface area contributed by atoms with Crippen LogP contribution in [0.25, 0.3) is 0 Å². The van der Waals surface area contributed by atoms with Crippen LogP contribution < -0.4 is 0 Å². The quantitative estimate of drug-likeness (QED) is 0.873. The number of hydrogen-bond donors (Lipinski definition) is 1. The molecule has 1 aromatic heterocycles. The van der Waals surface area contributed by atoms with Gasteiger partial charge in [0.25, 0.3) is 0 Å². The summed E-state index contributed by atoms with van der Waals surface area (Å²) in [4.78, 5) is 14.4. The predicted molar refractivity (Wildman–Crippen MR) is 74.4 cm³/mol. The largest absolute Gasteiger partial charge is 0.481 e. The molecule has 0 atom stereocenters. The van der Waals surface area contributed by atoms with Crippen LogP contribution in [0.5, 0.6) is 0 Å². The number of thiophene rings is 1.